The summed E-state index contributed by atoms with van der Waals surface area (Å²) in [4.78, 5) is 0. The Morgan fingerprint density at radius 3 is 2.27 bits per heavy atom. The summed E-state index contributed by atoms with van der Waals surface area (Å²) in [5.41, 5.74) is 6.18. The highest BCUT2D eigenvalue weighted by Gasteiger charge is 1.85. The summed E-state index contributed by atoms with van der Waals surface area (Å²) in [5.74, 6) is 0. The minimum absolute atomic E-state index is 0.594. The Bertz CT molecular complexity index is 63.6. The standard InChI is InChI=1S/C6H18N4O/c7-1-2-8-3-4-9-5-6-10-11/h8-9H,1-7,10H2. The molecule has 0 saturated carbocycles. The maximum absolute atomic E-state index is 9.87. The average molecular weight is 162 g/mol. The molecule has 68 valence electrons. The summed E-state index contributed by atoms with van der Waals surface area (Å²) in [7, 11) is 0. The van der Waals surface area contributed by atoms with Crippen molar-refractivity contribution in [1.29, 1.82) is 0 Å². The van der Waals surface area contributed by atoms with Crippen LogP contribution in [0.4, 0.5) is 0 Å². The van der Waals surface area contributed by atoms with Gasteiger partial charge in [-0.05, 0) is 0 Å². The van der Waals surface area contributed by atoms with Crippen LogP contribution >= 0.6 is 0 Å². The fraction of sp³-hybridized carbons (Fsp3) is 1.00. The van der Waals surface area contributed by atoms with Crippen molar-refractivity contribution in [3.63, 3.8) is 0 Å². The first-order valence-corrected chi connectivity index (χ1v) is 3.97. The largest absolute Gasteiger partial charge is 0.636 e. The number of hydrogen-bond acceptors (Lipinski definition) is 4. The molecule has 0 aromatic carbocycles. The third-order valence-electron chi connectivity index (χ3n) is 1.24. The van der Waals surface area contributed by atoms with Crippen LogP contribution in [0.3, 0.4) is 0 Å². The number of hydroxylamine groups is 1. The second kappa shape index (κ2) is 9.80. The van der Waals surface area contributed by atoms with E-state index >= 15 is 0 Å². The second-order valence-electron chi connectivity index (χ2n) is 2.24. The number of nitrogens with two attached hydrogens (primary N) is 2. The second-order valence-corrected chi connectivity index (χ2v) is 2.24. The van der Waals surface area contributed by atoms with Crippen molar-refractivity contribution in [2.75, 3.05) is 39.3 Å². The summed E-state index contributed by atoms with van der Waals surface area (Å²) in [6.45, 7) is 4.71. The molecular weight excluding hydrogens is 144 g/mol. The SMILES string of the molecule is NCCNCCNCC[NH2+][O-]. The topological polar surface area (TPSA) is 89.8 Å². The van der Waals surface area contributed by atoms with Gasteiger partial charge in [0, 0.05) is 32.7 Å². The molecule has 0 radical (unpaired) electrons. The van der Waals surface area contributed by atoms with E-state index in [1.807, 2.05) is 0 Å². The zero-order valence-corrected chi connectivity index (χ0v) is 6.81. The Labute approximate surface area is 67.3 Å². The van der Waals surface area contributed by atoms with Gasteiger partial charge in [0.05, 0.1) is 6.54 Å². The van der Waals surface area contributed by atoms with E-state index in [1.165, 1.54) is 0 Å². The van der Waals surface area contributed by atoms with Crippen molar-refractivity contribution in [3.8, 4) is 0 Å². The Hall–Kier alpha value is -0.200. The molecule has 0 aromatic heterocycles. The van der Waals surface area contributed by atoms with Gasteiger partial charge in [-0.2, -0.15) is 0 Å². The Morgan fingerprint density at radius 2 is 1.73 bits per heavy atom. The minimum Gasteiger partial charge on any atom is -0.636 e. The zero-order chi connectivity index (χ0) is 8.36. The van der Waals surface area contributed by atoms with E-state index in [1.54, 1.807) is 0 Å². The van der Waals surface area contributed by atoms with Gasteiger partial charge in [0.2, 0.25) is 0 Å². The molecule has 0 aliphatic rings. The van der Waals surface area contributed by atoms with Crippen LogP contribution in [0, 0.1) is 5.21 Å². The number of hydrogen-bond donors (Lipinski definition) is 4. The highest BCUT2D eigenvalue weighted by molar-refractivity contribution is 4.50. The van der Waals surface area contributed by atoms with Crippen molar-refractivity contribution >= 4 is 0 Å². The molecule has 0 atom stereocenters. The van der Waals surface area contributed by atoms with Crippen molar-refractivity contribution in [2.24, 2.45) is 5.73 Å². The Balaban J connectivity index is 2.69. The Morgan fingerprint density at radius 1 is 1.09 bits per heavy atom. The molecule has 0 heterocycles. The maximum atomic E-state index is 9.87. The third kappa shape index (κ3) is 9.80. The summed E-state index contributed by atoms with van der Waals surface area (Å²) in [6, 6.07) is 0. The summed E-state index contributed by atoms with van der Waals surface area (Å²) < 4.78 is 0. The first-order valence-electron chi connectivity index (χ1n) is 3.97. The predicted molar refractivity (Wildman–Crippen MR) is 45.0 cm³/mol. The fourth-order valence-electron chi connectivity index (χ4n) is 0.690. The van der Waals surface area contributed by atoms with Crippen LogP contribution in [-0.2, 0) is 0 Å². The Kier molecular flexibility index (Phi) is 9.62. The van der Waals surface area contributed by atoms with Crippen molar-refractivity contribution in [3.05, 3.63) is 5.21 Å². The zero-order valence-electron chi connectivity index (χ0n) is 6.81. The van der Waals surface area contributed by atoms with E-state index in [2.05, 4.69) is 10.6 Å². The molecule has 0 amide bonds. The molecule has 0 aliphatic heterocycles. The number of nitrogens with one attached hydrogen (secondary N) is 2. The molecule has 0 unspecified atom stereocenters. The van der Waals surface area contributed by atoms with Crippen LogP contribution in [-0.4, -0.2) is 39.3 Å². The fourth-order valence-corrected chi connectivity index (χ4v) is 0.690. The molecule has 0 spiro atoms. The van der Waals surface area contributed by atoms with E-state index in [0.717, 1.165) is 31.7 Å². The normalized spacial score (nSPS) is 10.4. The lowest BCUT2D eigenvalue weighted by atomic mass is 10.5. The first kappa shape index (κ1) is 10.8. The van der Waals surface area contributed by atoms with E-state index in [-0.39, 0.29) is 0 Å². The highest BCUT2D eigenvalue weighted by Crippen LogP contribution is 1.56. The maximum Gasteiger partial charge on any atom is 0.0879 e. The average Bonchev–Trinajstić information content (AvgIpc) is 2.03. The van der Waals surface area contributed by atoms with Gasteiger partial charge in [-0.25, -0.2) is 0 Å². The molecule has 0 rings (SSSR count). The van der Waals surface area contributed by atoms with Gasteiger partial charge in [0.15, 0.2) is 0 Å². The molecule has 6 N–H and O–H groups in total. The van der Waals surface area contributed by atoms with Crippen LogP contribution < -0.4 is 21.8 Å². The van der Waals surface area contributed by atoms with E-state index in [4.69, 9.17) is 5.73 Å². The summed E-state index contributed by atoms with van der Waals surface area (Å²) >= 11 is 0. The van der Waals surface area contributed by atoms with Crippen LogP contribution in [0.25, 0.3) is 0 Å². The van der Waals surface area contributed by atoms with E-state index in [0.29, 0.717) is 13.1 Å². The predicted octanol–water partition coefficient (Wildman–Crippen LogP) is -2.81. The van der Waals surface area contributed by atoms with Gasteiger partial charge in [-0.1, -0.05) is 0 Å². The molecule has 0 bridgehead atoms. The van der Waals surface area contributed by atoms with Crippen LogP contribution in [0.5, 0.6) is 0 Å². The van der Waals surface area contributed by atoms with Gasteiger partial charge >= 0.3 is 0 Å². The summed E-state index contributed by atoms with van der Waals surface area (Å²) in [5, 5.41) is 16.1. The molecule has 0 fully saturated rings. The van der Waals surface area contributed by atoms with Gasteiger partial charge < -0.3 is 27.1 Å². The first-order chi connectivity index (χ1) is 5.41. The molecule has 5 nitrogen and oxygen atoms in total. The third-order valence-corrected chi connectivity index (χ3v) is 1.24. The summed E-state index contributed by atoms with van der Waals surface area (Å²) in [6.07, 6.45) is 0. The van der Waals surface area contributed by atoms with Crippen LogP contribution in [0.15, 0.2) is 0 Å². The van der Waals surface area contributed by atoms with E-state index in [9.17, 15) is 5.21 Å². The number of rotatable bonds is 8. The molecule has 5 heteroatoms. The minimum atomic E-state index is 0.594. The van der Waals surface area contributed by atoms with Crippen molar-refractivity contribution < 1.29 is 5.48 Å². The lowest BCUT2D eigenvalue weighted by Gasteiger charge is -2.05. The van der Waals surface area contributed by atoms with Crippen LogP contribution in [0.2, 0.25) is 0 Å². The van der Waals surface area contributed by atoms with Gasteiger partial charge in [-0.15, -0.1) is 0 Å². The van der Waals surface area contributed by atoms with Gasteiger partial charge in [-0.3, -0.25) is 0 Å². The quantitative estimate of drug-likeness (QED) is 0.229. The molecule has 0 aromatic rings. The van der Waals surface area contributed by atoms with Gasteiger partial charge in [0.1, 0.15) is 0 Å². The van der Waals surface area contributed by atoms with Crippen molar-refractivity contribution in [2.45, 2.75) is 0 Å². The number of quaternary nitrogens is 1. The van der Waals surface area contributed by atoms with E-state index < -0.39 is 0 Å². The van der Waals surface area contributed by atoms with Crippen LogP contribution in [0.1, 0.15) is 0 Å². The molecule has 0 saturated heterocycles. The molecule has 11 heavy (non-hydrogen) atoms. The smallest absolute Gasteiger partial charge is 0.0879 e. The van der Waals surface area contributed by atoms with Crippen molar-refractivity contribution in [1.82, 2.24) is 10.6 Å². The monoisotopic (exact) mass is 162 g/mol. The highest BCUT2D eigenvalue weighted by atomic mass is 16.5. The lowest BCUT2D eigenvalue weighted by Crippen LogP contribution is -2.79. The lowest BCUT2D eigenvalue weighted by molar-refractivity contribution is -0.586. The molecule has 0 aliphatic carbocycles. The van der Waals surface area contributed by atoms with Gasteiger partial charge in [0.25, 0.3) is 0 Å². The molecular formula is C6H18N4O.